The van der Waals surface area contributed by atoms with Crippen molar-refractivity contribution in [3.05, 3.63) is 77.4 Å². The van der Waals surface area contributed by atoms with Gasteiger partial charge in [0.05, 0.1) is 13.2 Å². The van der Waals surface area contributed by atoms with Crippen LogP contribution in [0.3, 0.4) is 0 Å². The van der Waals surface area contributed by atoms with Gasteiger partial charge in [-0.15, -0.1) is 0 Å². The summed E-state index contributed by atoms with van der Waals surface area (Å²) in [5.74, 6) is -0.0604. The molecule has 0 aromatic heterocycles. The van der Waals surface area contributed by atoms with Crippen molar-refractivity contribution in [2.75, 3.05) is 45.9 Å². The highest BCUT2D eigenvalue weighted by Gasteiger charge is 2.08. The van der Waals surface area contributed by atoms with E-state index in [9.17, 15) is 4.79 Å². The van der Waals surface area contributed by atoms with E-state index in [4.69, 9.17) is 4.74 Å². The summed E-state index contributed by atoms with van der Waals surface area (Å²) in [4.78, 5) is 14.4. The average molecular weight is 394 g/mol. The second kappa shape index (κ2) is 12.2. The lowest BCUT2D eigenvalue weighted by Crippen LogP contribution is -2.40. The molecule has 0 bridgehead atoms. The number of ether oxygens (including phenoxy) is 1. The standard InChI is InChI=1S/C24H31N3O2/c28-24(26-13-12-21-4-2-1-3-5-21)11-10-22-6-8-23(9-7-22)20-25-14-15-27-16-18-29-19-17-27/h1-11,25H,12-20H2,(H,26,28)/b11-10+. The van der Waals surface area contributed by atoms with Crippen molar-refractivity contribution < 1.29 is 9.53 Å². The van der Waals surface area contributed by atoms with E-state index in [1.54, 1.807) is 6.08 Å². The molecule has 1 fully saturated rings. The molecule has 0 atom stereocenters. The van der Waals surface area contributed by atoms with Crippen molar-refractivity contribution in [3.8, 4) is 0 Å². The van der Waals surface area contributed by atoms with E-state index in [-0.39, 0.29) is 5.91 Å². The number of carbonyl (C=O) groups is 1. The van der Waals surface area contributed by atoms with Crippen molar-refractivity contribution in [3.63, 3.8) is 0 Å². The largest absolute Gasteiger partial charge is 0.379 e. The van der Waals surface area contributed by atoms with Crippen LogP contribution < -0.4 is 10.6 Å². The average Bonchev–Trinajstić information content (AvgIpc) is 2.77. The first kappa shape index (κ1) is 21.2. The Morgan fingerprint density at radius 1 is 0.966 bits per heavy atom. The summed E-state index contributed by atoms with van der Waals surface area (Å²) in [5.41, 5.74) is 3.50. The quantitative estimate of drug-likeness (QED) is 0.481. The van der Waals surface area contributed by atoms with E-state index in [1.165, 1.54) is 11.1 Å². The molecular formula is C24H31N3O2. The predicted molar refractivity (Wildman–Crippen MR) is 118 cm³/mol. The highest BCUT2D eigenvalue weighted by molar-refractivity contribution is 5.91. The van der Waals surface area contributed by atoms with Crippen LogP contribution in [0.2, 0.25) is 0 Å². The Hall–Kier alpha value is -2.47. The third-order valence-corrected chi connectivity index (χ3v) is 5.00. The van der Waals surface area contributed by atoms with Crippen molar-refractivity contribution in [2.24, 2.45) is 0 Å². The number of morpholine rings is 1. The number of nitrogens with zero attached hydrogens (tertiary/aromatic N) is 1. The van der Waals surface area contributed by atoms with Crippen LogP contribution in [0, 0.1) is 0 Å². The van der Waals surface area contributed by atoms with Crippen LogP contribution in [0.25, 0.3) is 6.08 Å². The maximum atomic E-state index is 12.0. The van der Waals surface area contributed by atoms with Gasteiger partial charge in [-0.05, 0) is 29.2 Å². The maximum Gasteiger partial charge on any atom is 0.244 e. The van der Waals surface area contributed by atoms with E-state index < -0.39 is 0 Å². The molecule has 1 saturated heterocycles. The molecule has 1 aliphatic heterocycles. The summed E-state index contributed by atoms with van der Waals surface area (Å²) in [7, 11) is 0. The third-order valence-electron chi connectivity index (χ3n) is 5.00. The van der Waals surface area contributed by atoms with Crippen LogP contribution in [0.5, 0.6) is 0 Å². The SMILES string of the molecule is O=C(/C=C/c1ccc(CNCCN2CCOCC2)cc1)NCCc1ccccc1. The fraction of sp³-hybridized carbons (Fsp3) is 0.375. The lowest BCUT2D eigenvalue weighted by atomic mass is 10.1. The summed E-state index contributed by atoms with van der Waals surface area (Å²) < 4.78 is 5.37. The molecule has 2 N–H and O–H groups in total. The van der Waals surface area contributed by atoms with Gasteiger partial charge < -0.3 is 15.4 Å². The zero-order valence-corrected chi connectivity index (χ0v) is 17.0. The number of carbonyl (C=O) groups excluding carboxylic acids is 1. The molecule has 0 radical (unpaired) electrons. The molecule has 0 aliphatic carbocycles. The first-order valence-electron chi connectivity index (χ1n) is 10.4. The Kier molecular flexibility index (Phi) is 8.91. The first-order chi connectivity index (χ1) is 14.3. The zero-order valence-electron chi connectivity index (χ0n) is 17.0. The number of rotatable bonds is 10. The maximum absolute atomic E-state index is 12.0. The van der Waals surface area contributed by atoms with Gasteiger partial charge in [0, 0.05) is 45.3 Å². The van der Waals surface area contributed by atoms with Gasteiger partial charge in [-0.2, -0.15) is 0 Å². The van der Waals surface area contributed by atoms with Gasteiger partial charge in [-0.25, -0.2) is 0 Å². The van der Waals surface area contributed by atoms with Crippen molar-refractivity contribution in [1.82, 2.24) is 15.5 Å². The van der Waals surface area contributed by atoms with Crippen LogP contribution >= 0.6 is 0 Å². The molecule has 1 heterocycles. The van der Waals surface area contributed by atoms with E-state index >= 15 is 0 Å². The normalized spacial score (nSPS) is 14.9. The lowest BCUT2D eigenvalue weighted by Gasteiger charge is -2.26. The van der Waals surface area contributed by atoms with Crippen LogP contribution in [0.4, 0.5) is 0 Å². The van der Waals surface area contributed by atoms with Gasteiger partial charge in [-0.1, -0.05) is 54.6 Å². The highest BCUT2D eigenvalue weighted by atomic mass is 16.5. The second-order valence-corrected chi connectivity index (χ2v) is 7.23. The number of nitrogens with one attached hydrogen (secondary N) is 2. The summed E-state index contributed by atoms with van der Waals surface area (Å²) in [5, 5.41) is 6.42. The van der Waals surface area contributed by atoms with Crippen molar-refractivity contribution in [1.29, 1.82) is 0 Å². The van der Waals surface area contributed by atoms with E-state index in [1.807, 2.05) is 36.4 Å². The monoisotopic (exact) mass is 393 g/mol. The lowest BCUT2D eigenvalue weighted by molar-refractivity contribution is -0.116. The van der Waals surface area contributed by atoms with Gasteiger partial charge in [0.2, 0.25) is 5.91 Å². The minimum atomic E-state index is -0.0604. The summed E-state index contributed by atoms with van der Waals surface area (Å²) in [6, 6.07) is 18.5. The first-order valence-corrected chi connectivity index (χ1v) is 10.4. The zero-order chi connectivity index (χ0) is 20.2. The van der Waals surface area contributed by atoms with Crippen LogP contribution in [0.1, 0.15) is 16.7 Å². The summed E-state index contributed by atoms with van der Waals surface area (Å²) in [6.07, 6.45) is 4.29. The molecule has 0 saturated carbocycles. The number of amides is 1. The van der Waals surface area contributed by atoms with Crippen LogP contribution in [-0.2, 0) is 22.5 Å². The smallest absolute Gasteiger partial charge is 0.244 e. The Balaban J connectivity index is 1.32. The van der Waals surface area contributed by atoms with E-state index in [2.05, 4.69) is 39.8 Å². The van der Waals surface area contributed by atoms with Crippen LogP contribution in [-0.4, -0.2) is 56.7 Å². The molecule has 2 aromatic rings. The van der Waals surface area contributed by atoms with Crippen molar-refractivity contribution >= 4 is 12.0 Å². The molecule has 5 heteroatoms. The molecule has 0 unspecified atom stereocenters. The summed E-state index contributed by atoms with van der Waals surface area (Å²) >= 11 is 0. The fourth-order valence-electron chi connectivity index (χ4n) is 3.25. The topological polar surface area (TPSA) is 53.6 Å². The van der Waals surface area contributed by atoms with Gasteiger partial charge in [0.15, 0.2) is 0 Å². The minimum Gasteiger partial charge on any atom is -0.379 e. The number of benzene rings is 2. The second-order valence-electron chi connectivity index (χ2n) is 7.23. The predicted octanol–water partition coefficient (Wildman–Crippen LogP) is 2.48. The highest BCUT2D eigenvalue weighted by Crippen LogP contribution is 2.06. The molecule has 1 aliphatic rings. The molecule has 0 spiro atoms. The molecule has 154 valence electrons. The molecule has 1 amide bonds. The third kappa shape index (κ3) is 8.20. The van der Waals surface area contributed by atoms with E-state index in [0.717, 1.165) is 57.9 Å². The van der Waals surface area contributed by atoms with Crippen molar-refractivity contribution in [2.45, 2.75) is 13.0 Å². The van der Waals surface area contributed by atoms with Crippen LogP contribution in [0.15, 0.2) is 60.7 Å². The Morgan fingerprint density at radius 3 is 2.48 bits per heavy atom. The molecular weight excluding hydrogens is 362 g/mol. The number of hydrogen-bond donors (Lipinski definition) is 2. The molecule has 29 heavy (non-hydrogen) atoms. The Morgan fingerprint density at radius 2 is 1.72 bits per heavy atom. The summed E-state index contributed by atoms with van der Waals surface area (Å²) in [6.45, 7) is 7.29. The van der Waals surface area contributed by atoms with Gasteiger partial charge in [-0.3, -0.25) is 9.69 Å². The van der Waals surface area contributed by atoms with Gasteiger partial charge in [0.1, 0.15) is 0 Å². The van der Waals surface area contributed by atoms with Gasteiger partial charge >= 0.3 is 0 Å². The Bertz CT molecular complexity index is 753. The van der Waals surface area contributed by atoms with Gasteiger partial charge in [0.25, 0.3) is 0 Å². The molecule has 3 rings (SSSR count). The Labute approximate surface area is 173 Å². The molecule has 5 nitrogen and oxygen atoms in total. The van der Waals surface area contributed by atoms with E-state index in [0.29, 0.717) is 6.54 Å². The minimum absolute atomic E-state index is 0.0604. The fourth-order valence-corrected chi connectivity index (χ4v) is 3.25. The molecule has 2 aromatic carbocycles. The number of hydrogen-bond acceptors (Lipinski definition) is 4.